The summed E-state index contributed by atoms with van der Waals surface area (Å²) in [6, 6.07) is 7.12. The van der Waals surface area contributed by atoms with Gasteiger partial charge in [-0.2, -0.15) is 0 Å². The van der Waals surface area contributed by atoms with Crippen LogP contribution in [0.1, 0.15) is 45.1 Å². The van der Waals surface area contributed by atoms with E-state index in [4.69, 9.17) is 0 Å². The molecule has 1 aromatic carbocycles. The van der Waals surface area contributed by atoms with Gasteiger partial charge in [0.25, 0.3) is 0 Å². The second-order valence-corrected chi connectivity index (χ2v) is 9.39. The fraction of sp³-hybridized carbons (Fsp3) is 0.611. The summed E-state index contributed by atoms with van der Waals surface area (Å²) in [5, 5.41) is 5.81. The van der Waals surface area contributed by atoms with Gasteiger partial charge >= 0.3 is 0 Å². The molecule has 142 valence electrons. The van der Waals surface area contributed by atoms with Crippen molar-refractivity contribution in [3.63, 3.8) is 0 Å². The molecule has 7 heteroatoms. The third-order valence-corrected chi connectivity index (χ3v) is 6.71. The van der Waals surface area contributed by atoms with Gasteiger partial charge in [0.05, 0.1) is 11.0 Å². The summed E-state index contributed by atoms with van der Waals surface area (Å²) in [4.78, 5) is 12.1. The first-order chi connectivity index (χ1) is 11.4. The molecule has 1 aromatic rings. The van der Waals surface area contributed by atoms with Crippen LogP contribution in [0, 0.1) is 5.92 Å². The molecule has 2 N–H and O–H groups in total. The van der Waals surface area contributed by atoms with Gasteiger partial charge in [-0.05, 0) is 69.8 Å². The van der Waals surface area contributed by atoms with Crippen LogP contribution in [-0.4, -0.2) is 32.7 Å². The van der Waals surface area contributed by atoms with Crippen LogP contribution in [0.5, 0.6) is 0 Å². The van der Waals surface area contributed by atoms with E-state index in [0.717, 1.165) is 32.4 Å². The van der Waals surface area contributed by atoms with E-state index < -0.39 is 15.1 Å². The highest BCUT2D eigenvalue weighted by Crippen LogP contribution is 2.19. The topological polar surface area (TPSA) is 75.3 Å². The van der Waals surface area contributed by atoms with Crippen molar-refractivity contribution < 1.29 is 13.2 Å². The monoisotopic (exact) mass is 388 g/mol. The number of nitrogens with one attached hydrogen (secondary N) is 2. The Hall–Kier alpha value is -1.11. The molecule has 2 rings (SSSR count). The Morgan fingerprint density at radius 2 is 1.96 bits per heavy atom. The first-order valence-electron chi connectivity index (χ1n) is 8.68. The van der Waals surface area contributed by atoms with Crippen molar-refractivity contribution in [2.75, 3.05) is 18.4 Å². The Labute approximate surface area is 157 Å². The van der Waals surface area contributed by atoms with Crippen LogP contribution in [0.3, 0.4) is 0 Å². The van der Waals surface area contributed by atoms with Crippen molar-refractivity contribution in [2.45, 2.75) is 50.5 Å². The summed E-state index contributed by atoms with van der Waals surface area (Å²) in [6.07, 6.45) is 3.69. The maximum absolute atomic E-state index is 12.1. The number of hydrogen-bond acceptors (Lipinski definition) is 4. The predicted octanol–water partition coefficient (Wildman–Crippen LogP) is 3.15. The standard InChI is InChI=1S/C18H28N2O3S.ClH/c1-14(2)24(22,23)13-16-4-3-5-17(12-16)20-18(21)7-6-15-8-10-19-11-9-15;/h3-5,12,14-15,19H,6-11,13H2,1-2H3,(H,20,21);1H. The van der Waals surface area contributed by atoms with Gasteiger partial charge < -0.3 is 10.6 Å². The Balaban J connectivity index is 0.00000312. The lowest BCUT2D eigenvalue weighted by molar-refractivity contribution is -0.116. The molecule has 5 nitrogen and oxygen atoms in total. The van der Waals surface area contributed by atoms with Crippen molar-refractivity contribution in [3.8, 4) is 0 Å². The smallest absolute Gasteiger partial charge is 0.224 e. The second-order valence-electron chi connectivity index (χ2n) is 6.84. The molecule has 25 heavy (non-hydrogen) atoms. The highest BCUT2D eigenvalue weighted by Gasteiger charge is 2.17. The highest BCUT2D eigenvalue weighted by molar-refractivity contribution is 7.91. The summed E-state index contributed by atoms with van der Waals surface area (Å²) >= 11 is 0. The molecule has 1 saturated heterocycles. The zero-order chi connectivity index (χ0) is 17.6. The van der Waals surface area contributed by atoms with Crippen molar-refractivity contribution in [1.29, 1.82) is 0 Å². The molecular formula is C18H29ClN2O3S. The van der Waals surface area contributed by atoms with E-state index in [0.29, 0.717) is 23.6 Å². The summed E-state index contributed by atoms with van der Waals surface area (Å²) in [7, 11) is -3.14. The van der Waals surface area contributed by atoms with Crippen LogP contribution >= 0.6 is 12.4 Å². The maximum Gasteiger partial charge on any atom is 0.224 e. The van der Waals surface area contributed by atoms with E-state index >= 15 is 0 Å². The van der Waals surface area contributed by atoms with Crippen LogP contribution in [0.15, 0.2) is 24.3 Å². The molecule has 1 amide bonds. The molecule has 0 aromatic heterocycles. The number of amides is 1. The van der Waals surface area contributed by atoms with Crippen LogP contribution in [-0.2, 0) is 20.4 Å². The van der Waals surface area contributed by atoms with Crippen molar-refractivity contribution in [2.24, 2.45) is 5.92 Å². The first kappa shape index (κ1) is 21.9. The van der Waals surface area contributed by atoms with Gasteiger partial charge in [0.1, 0.15) is 0 Å². The zero-order valence-corrected chi connectivity index (χ0v) is 16.6. The molecule has 0 spiro atoms. The number of sulfone groups is 1. The first-order valence-corrected chi connectivity index (χ1v) is 10.4. The fourth-order valence-electron chi connectivity index (χ4n) is 2.87. The normalized spacial score (nSPS) is 15.6. The summed E-state index contributed by atoms with van der Waals surface area (Å²) in [5.74, 6) is 0.626. The molecule has 0 atom stereocenters. The van der Waals surface area contributed by atoms with Gasteiger partial charge in [-0.25, -0.2) is 8.42 Å². The van der Waals surface area contributed by atoms with E-state index in [9.17, 15) is 13.2 Å². The number of anilines is 1. The van der Waals surface area contributed by atoms with Crippen LogP contribution in [0.4, 0.5) is 5.69 Å². The second kappa shape index (κ2) is 10.1. The number of hydrogen-bond donors (Lipinski definition) is 2. The molecular weight excluding hydrogens is 360 g/mol. The summed E-state index contributed by atoms with van der Waals surface area (Å²) < 4.78 is 24.0. The van der Waals surface area contributed by atoms with E-state index in [1.807, 2.05) is 0 Å². The Morgan fingerprint density at radius 1 is 1.28 bits per heavy atom. The molecule has 0 radical (unpaired) electrons. The van der Waals surface area contributed by atoms with Crippen molar-refractivity contribution in [1.82, 2.24) is 5.32 Å². The summed E-state index contributed by atoms with van der Waals surface area (Å²) in [5.41, 5.74) is 1.38. The number of benzene rings is 1. The largest absolute Gasteiger partial charge is 0.326 e. The van der Waals surface area contributed by atoms with Gasteiger partial charge in [-0.15, -0.1) is 12.4 Å². The third-order valence-electron chi connectivity index (χ3n) is 4.54. The number of rotatable bonds is 7. The molecule has 0 bridgehead atoms. The van der Waals surface area contributed by atoms with Gasteiger partial charge in [0.2, 0.25) is 5.91 Å². The van der Waals surface area contributed by atoms with Crippen molar-refractivity contribution in [3.05, 3.63) is 29.8 Å². The quantitative estimate of drug-likeness (QED) is 0.752. The van der Waals surface area contributed by atoms with Gasteiger partial charge in [-0.3, -0.25) is 4.79 Å². The molecule has 0 aliphatic carbocycles. The maximum atomic E-state index is 12.1. The Morgan fingerprint density at radius 3 is 2.60 bits per heavy atom. The Bertz CT molecular complexity index is 656. The molecule has 0 saturated carbocycles. The molecule has 0 unspecified atom stereocenters. The minimum absolute atomic E-state index is 0. The number of piperidine rings is 1. The molecule has 1 aliphatic rings. The van der Waals surface area contributed by atoms with E-state index in [1.165, 1.54) is 0 Å². The minimum atomic E-state index is -3.14. The van der Waals surface area contributed by atoms with Crippen LogP contribution < -0.4 is 10.6 Å². The average molecular weight is 389 g/mol. The molecule has 1 aliphatic heterocycles. The number of carbonyl (C=O) groups is 1. The lowest BCUT2D eigenvalue weighted by Crippen LogP contribution is -2.28. The van der Waals surface area contributed by atoms with Crippen LogP contribution in [0.2, 0.25) is 0 Å². The van der Waals surface area contributed by atoms with Crippen LogP contribution in [0.25, 0.3) is 0 Å². The fourth-order valence-corrected chi connectivity index (χ4v) is 3.84. The minimum Gasteiger partial charge on any atom is -0.326 e. The molecule has 1 heterocycles. The van der Waals surface area contributed by atoms with Gasteiger partial charge in [0.15, 0.2) is 9.84 Å². The highest BCUT2D eigenvalue weighted by atomic mass is 35.5. The summed E-state index contributed by atoms with van der Waals surface area (Å²) in [6.45, 7) is 5.45. The van der Waals surface area contributed by atoms with E-state index in [2.05, 4.69) is 10.6 Å². The van der Waals surface area contributed by atoms with Crippen molar-refractivity contribution >= 4 is 33.8 Å². The number of halogens is 1. The van der Waals surface area contributed by atoms with E-state index in [-0.39, 0.29) is 24.1 Å². The van der Waals surface area contributed by atoms with Gasteiger partial charge in [-0.1, -0.05) is 12.1 Å². The number of carbonyl (C=O) groups excluding carboxylic acids is 1. The third kappa shape index (κ3) is 7.34. The Kier molecular flexibility index (Phi) is 8.89. The lowest BCUT2D eigenvalue weighted by Gasteiger charge is -2.22. The molecule has 1 fully saturated rings. The SMILES string of the molecule is CC(C)S(=O)(=O)Cc1cccc(NC(=O)CCC2CCNCC2)c1.Cl. The lowest BCUT2D eigenvalue weighted by atomic mass is 9.93. The van der Waals surface area contributed by atoms with E-state index in [1.54, 1.807) is 38.1 Å². The average Bonchev–Trinajstić information content (AvgIpc) is 2.54. The predicted molar refractivity (Wildman–Crippen MR) is 105 cm³/mol. The van der Waals surface area contributed by atoms with Gasteiger partial charge in [0, 0.05) is 12.1 Å². The zero-order valence-electron chi connectivity index (χ0n) is 15.0.